The minimum Gasteiger partial charge on any atom is -0.496 e. The molecule has 0 unspecified atom stereocenters. The van der Waals surface area contributed by atoms with E-state index >= 15 is 0 Å². The molecule has 0 spiro atoms. The van der Waals surface area contributed by atoms with Gasteiger partial charge >= 0.3 is 0 Å². The van der Waals surface area contributed by atoms with Gasteiger partial charge in [0.2, 0.25) is 0 Å². The Morgan fingerprint density at radius 2 is 1.88 bits per heavy atom. The lowest BCUT2D eigenvalue weighted by Crippen LogP contribution is -2.38. The number of ether oxygens (including phenoxy) is 1. The number of carbonyl (C=O) groups is 1. The lowest BCUT2D eigenvalue weighted by atomic mass is 10.0. The molecule has 2 heterocycles. The van der Waals surface area contributed by atoms with E-state index in [4.69, 9.17) is 9.73 Å². The van der Waals surface area contributed by atoms with E-state index in [9.17, 15) is 4.79 Å². The lowest BCUT2D eigenvalue weighted by Gasteiger charge is -2.24. The third-order valence-corrected chi connectivity index (χ3v) is 5.80. The molecule has 0 N–H and O–H groups in total. The third kappa shape index (κ3) is 3.64. The zero-order valence-electron chi connectivity index (χ0n) is 17.9. The van der Waals surface area contributed by atoms with Gasteiger partial charge in [-0.25, -0.2) is 9.98 Å². The second-order valence-electron chi connectivity index (χ2n) is 7.78. The largest absolute Gasteiger partial charge is 0.496 e. The molecule has 0 fully saturated rings. The average Bonchev–Trinajstić information content (AvgIpc) is 3.48. The normalized spacial score (nSPS) is 12.1. The van der Waals surface area contributed by atoms with Crippen LogP contribution in [0.5, 0.6) is 5.75 Å². The van der Waals surface area contributed by atoms with E-state index in [2.05, 4.69) is 21.7 Å². The predicted molar refractivity (Wildman–Crippen MR) is 126 cm³/mol. The van der Waals surface area contributed by atoms with Gasteiger partial charge in [0.05, 0.1) is 24.7 Å². The molecule has 4 aromatic rings. The molecule has 1 aromatic heterocycles. The van der Waals surface area contributed by atoms with Crippen molar-refractivity contribution in [1.82, 2.24) is 14.5 Å². The summed E-state index contributed by atoms with van der Waals surface area (Å²) in [4.78, 5) is 24.6. The molecule has 1 aliphatic rings. The molecule has 160 valence electrons. The highest BCUT2D eigenvalue weighted by Gasteiger charge is 2.29. The predicted octanol–water partition coefficient (Wildman–Crippen LogP) is 5.06. The average molecular weight is 425 g/mol. The van der Waals surface area contributed by atoms with Crippen LogP contribution in [0.25, 0.3) is 10.8 Å². The smallest absolute Gasteiger partial charge is 0.263 e. The van der Waals surface area contributed by atoms with Crippen LogP contribution >= 0.6 is 0 Å². The van der Waals surface area contributed by atoms with Crippen molar-refractivity contribution in [2.45, 2.75) is 19.4 Å². The van der Waals surface area contributed by atoms with Crippen molar-refractivity contribution in [3.8, 4) is 5.75 Å². The molecule has 5 rings (SSSR count). The van der Waals surface area contributed by atoms with E-state index in [1.54, 1.807) is 18.2 Å². The molecular formula is C26H24N4O2. The van der Waals surface area contributed by atoms with Crippen molar-refractivity contribution < 1.29 is 9.53 Å². The molecule has 32 heavy (non-hydrogen) atoms. The fraction of sp³-hybridized carbons (Fsp3) is 0.192. The number of imidazole rings is 1. The number of nitrogens with zero attached hydrogens (tertiary/aromatic N) is 4. The quantitative estimate of drug-likeness (QED) is 0.390. The van der Waals surface area contributed by atoms with Gasteiger partial charge in [0.15, 0.2) is 0 Å². The van der Waals surface area contributed by atoms with Crippen molar-refractivity contribution in [3.05, 3.63) is 90.5 Å². The first-order valence-electron chi connectivity index (χ1n) is 10.8. The first kappa shape index (κ1) is 20.0. The molecule has 0 saturated heterocycles. The summed E-state index contributed by atoms with van der Waals surface area (Å²) in [5.41, 5.74) is 2.44. The van der Waals surface area contributed by atoms with E-state index < -0.39 is 0 Å². The maximum atomic E-state index is 13.8. The first-order chi connectivity index (χ1) is 15.8. The highest BCUT2D eigenvalue weighted by molar-refractivity contribution is 6.23. The molecule has 0 atom stereocenters. The summed E-state index contributed by atoms with van der Waals surface area (Å²) in [5, 5.41) is 2.23. The molecular weight excluding hydrogens is 400 g/mol. The number of aromatic nitrogens is 2. The first-order valence-corrected chi connectivity index (χ1v) is 10.8. The Balaban J connectivity index is 1.47. The van der Waals surface area contributed by atoms with Gasteiger partial charge in [-0.2, -0.15) is 0 Å². The van der Waals surface area contributed by atoms with Crippen LogP contribution in [0.4, 0.5) is 5.69 Å². The maximum Gasteiger partial charge on any atom is 0.263 e. The van der Waals surface area contributed by atoms with Gasteiger partial charge in [0.25, 0.3) is 5.91 Å². The summed E-state index contributed by atoms with van der Waals surface area (Å²) in [6.45, 7) is 1.42. The molecule has 6 heteroatoms. The standard InChI is InChI=1S/C26H24N4O2/c1-32-23-13-3-2-10-20(23)26(31)30(16-5-4-15-29-17-14-27-18-29)25-21-11-6-8-19-9-7-12-22(28-25)24(19)21/h2-3,6-14,17-18H,4-5,15-16H2,1H3. The van der Waals surface area contributed by atoms with Crippen molar-refractivity contribution in [1.29, 1.82) is 0 Å². The van der Waals surface area contributed by atoms with E-state index in [0.29, 0.717) is 23.7 Å². The van der Waals surface area contributed by atoms with Crippen molar-refractivity contribution in [3.63, 3.8) is 0 Å². The Morgan fingerprint density at radius 1 is 1.03 bits per heavy atom. The molecule has 0 saturated carbocycles. The van der Waals surface area contributed by atoms with E-state index in [1.807, 2.05) is 61.1 Å². The fourth-order valence-electron chi connectivity index (χ4n) is 4.23. The number of rotatable bonds is 7. The number of aryl methyl sites for hydroxylation is 1. The number of unbranched alkanes of at least 4 members (excludes halogenated alkanes) is 1. The monoisotopic (exact) mass is 424 g/mol. The number of amidine groups is 1. The molecule has 0 radical (unpaired) electrons. The van der Waals surface area contributed by atoms with Crippen LogP contribution in [0.2, 0.25) is 0 Å². The lowest BCUT2D eigenvalue weighted by molar-refractivity contribution is 0.0842. The van der Waals surface area contributed by atoms with Gasteiger partial charge in [-0.3, -0.25) is 9.69 Å². The van der Waals surface area contributed by atoms with Gasteiger partial charge in [-0.1, -0.05) is 42.5 Å². The Bertz CT molecular complexity index is 1290. The summed E-state index contributed by atoms with van der Waals surface area (Å²) in [6.07, 6.45) is 7.32. The maximum absolute atomic E-state index is 13.8. The van der Waals surface area contributed by atoms with Crippen LogP contribution in [-0.2, 0) is 6.54 Å². The molecule has 6 nitrogen and oxygen atoms in total. The number of hydrogen-bond acceptors (Lipinski definition) is 4. The summed E-state index contributed by atoms with van der Waals surface area (Å²) in [6, 6.07) is 19.6. The molecule has 0 aliphatic carbocycles. The van der Waals surface area contributed by atoms with Crippen molar-refractivity contribution >= 4 is 28.2 Å². The summed E-state index contributed by atoms with van der Waals surface area (Å²) in [7, 11) is 1.59. The van der Waals surface area contributed by atoms with Crippen LogP contribution in [0, 0.1) is 0 Å². The number of amides is 1. The van der Waals surface area contributed by atoms with Gasteiger partial charge in [0, 0.05) is 36.4 Å². The van der Waals surface area contributed by atoms with Crippen molar-refractivity contribution in [2.24, 2.45) is 4.99 Å². The van der Waals surface area contributed by atoms with Crippen LogP contribution in [0.15, 0.2) is 84.4 Å². The van der Waals surface area contributed by atoms with Gasteiger partial charge < -0.3 is 9.30 Å². The topological polar surface area (TPSA) is 59.7 Å². The van der Waals surface area contributed by atoms with Gasteiger partial charge in [-0.15, -0.1) is 0 Å². The van der Waals surface area contributed by atoms with E-state index in [-0.39, 0.29) is 5.91 Å². The highest BCUT2D eigenvalue weighted by Crippen LogP contribution is 2.36. The molecule has 1 aliphatic heterocycles. The zero-order valence-corrected chi connectivity index (χ0v) is 17.9. The Kier molecular flexibility index (Phi) is 5.42. The van der Waals surface area contributed by atoms with E-state index in [0.717, 1.165) is 41.4 Å². The minimum absolute atomic E-state index is 0.103. The number of para-hydroxylation sites is 1. The van der Waals surface area contributed by atoms with Crippen LogP contribution < -0.4 is 4.74 Å². The zero-order chi connectivity index (χ0) is 21.9. The Morgan fingerprint density at radius 3 is 2.69 bits per heavy atom. The minimum atomic E-state index is -0.103. The fourth-order valence-corrected chi connectivity index (χ4v) is 4.23. The number of carbonyl (C=O) groups excluding carboxylic acids is 1. The number of aliphatic imine (C=N–C) groups is 1. The summed E-state index contributed by atoms with van der Waals surface area (Å²) in [5.74, 6) is 1.17. The summed E-state index contributed by atoms with van der Waals surface area (Å²) >= 11 is 0. The molecule has 1 amide bonds. The number of benzene rings is 3. The SMILES string of the molecule is COc1ccccc1C(=O)N(CCCCn1ccnc1)C1=Nc2cccc3cccc1c23. The van der Waals surface area contributed by atoms with Gasteiger partial charge in [0.1, 0.15) is 11.6 Å². The number of methoxy groups -OCH3 is 1. The Hall–Kier alpha value is -3.93. The van der Waals surface area contributed by atoms with Crippen LogP contribution in [0.1, 0.15) is 28.8 Å². The second kappa shape index (κ2) is 8.67. The van der Waals surface area contributed by atoms with Gasteiger partial charge in [-0.05, 0) is 36.4 Å². The molecule has 3 aromatic carbocycles. The van der Waals surface area contributed by atoms with E-state index in [1.165, 1.54) is 0 Å². The van der Waals surface area contributed by atoms with Crippen LogP contribution in [-0.4, -0.2) is 39.8 Å². The molecule has 0 bridgehead atoms. The number of hydrogen-bond donors (Lipinski definition) is 0. The third-order valence-electron chi connectivity index (χ3n) is 5.80. The van der Waals surface area contributed by atoms with Crippen LogP contribution in [0.3, 0.4) is 0 Å². The second-order valence-corrected chi connectivity index (χ2v) is 7.78. The Labute approximate surface area is 186 Å². The summed E-state index contributed by atoms with van der Waals surface area (Å²) < 4.78 is 7.53. The highest BCUT2D eigenvalue weighted by atomic mass is 16.5. The van der Waals surface area contributed by atoms with Crippen molar-refractivity contribution in [2.75, 3.05) is 13.7 Å².